The summed E-state index contributed by atoms with van der Waals surface area (Å²) >= 11 is 6.04. The van der Waals surface area contributed by atoms with Crippen LogP contribution in [-0.2, 0) is 14.8 Å². The standard InChI is InChI=1S/C17H18ClFN2O4S/c1-11(10-25-2)20-17(22)12-3-8-15(18)16(9-12)21-26(23,24)14-6-4-13(19)5-7-14/h3-9,11,21H,10H2,1-2H3,(H,20,22). The molecular weight excluding hydrogens is 383 g/mol. The second kappa shape index (κ2) is 8.48. The van der Waals surface area contributed by atoms with Crippen molar-refractivity contribution in [2.45, 2.75) is 17.9 Å². The van der Waals surface area contributed by atoms with Gasteiger partial charge >= 0.3 is 0 Å². The quantitative estimate of drug-likeness (QED) is 0.748. The lowest BCUT2D eigenvalue weighted by Gasteiger charge is -2.14. The Kier molecular flexibility index (Phi) is 6.57. The molecule has 0 heterocycles. The van der Waals surface area contributed by atoms with E-state index in [-0.39, 0.29) is 27.2 Å². The number of nitrogens with one attached hydrogen (secondary N) is 2. The van der Waals surface area contributed by atoms with Crippen LogP contribution in [0, 0.1) is 5.82 Å². The Hall–Kier alpha value is -2.16. The van der Waals surface area contributed by atoms with Gasteiger partial charge in [-0.15, -0.1) is 0 Å². The molecule has 2 rings (SSSR count). The number of ether oxygens (including phenoxy) is 1. The van der Waals surface area contributed by atoms with Crippen molar-refractivity contribution in [3.8, 4) is 0 Å². The van der Waals surface area contributed by atoms with Gasteiger partial charge < -0.3 is 10.1 Å². The molecule has 9 heteroatoms. The Balaban J connectivity index is 2.24. The van der Waals surface area contributed by atoms with E-state index in [2.05, 4.69) is 10.0 Å². The van der Waals surface area contributed by atoms with Gasteiger partial charge in [0.25, 0.3) is 15.9 Å². The number of anilines is 1. The van der Waals surface area contributed by atoms with Crippen LogP contribution in [0.4, 0.5) is 10.1 Å². The Morgan fingerprint density at radius 3 is 2.50 bits per heavy atom. The number of hydrogen-bond acceptors (Lipinski definition) is 4. The van der Waals surface area contributed by atoms with Crippen LogP contribution in [0.3, 0.4) is 0 Å². The number of halogens is 2. The van der Waals surface area contributed by atoms with Crippen LogP contribution < -0.4 is 10.0 Å². The highest BCUT2D eigenvalue weighted by molar-refractivity contribution is 7.92. The summed E-state index contributed by atoms with van der Waals surface area (Å²) in [6.45, 7) is 2.11. The lowest BCUT2D eigenvalue weighted by atomic mass is 10.2. The van der Waals surface area contributed by atoms with Crippen molar-refractivity contribution < 1.29 is 22.3 Å². The van der Waals surface area contributed by atoms with E-state index in [1.165, 1.54) is 25.3 Å². The second-order valence-corrected chi connectivity index (χ2v) is 7.67. The van der Waals surface area contributed by atoms with Gasteiger partial charge in [0.15, 0.2) is 0 Å². The molecule has 0 saturated heterocycles. The van der Waals surface area contributed by atoms with Crippen molar-refractivity contribution >= 4 is 33.2 Å². The summed E-state index contributed by atoms with van der Waals surface area (Å²) in [5.41, 5.74) is 0.275. The molecule has 140 valence electrons. The molecule has 1 atom stereocenters. The van der Waals surface area contributed by atoms with Crippen molar-refractivity contribution in [1.29, 1.82) is 0 Å². The van der Waals surface area contributed by atoms with E-state index in [9.17, 15) is 17.6 Å². The Labute approximate surface area is 156 Å². The minimum absolute atomic E-state index is 0.0445. The Bertz CT molecular complexity index is 888. The van der Waals surface area contributed by atoms with E-state index in [1.807, 2.05) is 0 Å². The van der Waals surface area contributed by atoms with Crippen molar-refractivity contribution in [2.24, 2.45) is 0 Å². The van der Waals surface area contributed by atoms with E-state index >= 15 is 0 Å². The Morgan fingerprint density at radius 2 is 1.88 bits per heavy atom. The SMILES string of the molecule is COCC(C)NC(=O)c1ccc(Cl)c(NS(=O)(=O)c2ccc(F)cc2)c1. The minimum Gasteiger partial charge on any atom is -0.383 e. The molecular formula is C17H18ClFN2O4S. The van der Waals surface area contributed by atoms with Gasteiger partial charge in [-0.1, -0.05) is 11.6 Å². The number of carbonyl (C=O) groups is 1. The zero-order chi connectivity index (χ0) is 19.3. The molecule has 0 aliphatic heterocycles. The van der Waals surface area contributed by atoms with E-state index < -0.39 is 21.7 Å². The summed E-state index contributed by atoms with van der Waals surface area (Å²) in [5.74, 6) is -0.945. The van der Waals surface area contributed by atoms with Crippen molar-refractivity contribution in [2.75, 3.05) is 18.4 Å². The van der Waals surface area contributed by atoms with E-state index in [0.717, 1.165) is 24.3 Å². The first-order valence-corrected chi connectivity index (χ1v) is 9.47. The van der Waals surface area contributed by atoms with Crippen LogP contribution in [-0.4, -0.2) is 34.1 Å². The molecule has 0 spiro atoms. The molecule has 1 amide bonds. The maximum atomic E-state index is 13.0. The fourth-order valence-electron chi connectivity index (χ4n) is 2.16. The highest BCUT2D eigenvalue weighted by Gasteiger charge is 2.18. The molecule has 0 aliphatic carbocycles. The van der Waals surface area contributed by atoms with Gasteiger partial charge in [0.2, 0.25) is 0 Å². The highest BCUT2D eigenvalue weighted by Crippen LogP contribution is 2.26. The van der Waals surface area contributed by atoms with Gasteiger partial charge in [0.05, 0.1) is 22.2 Å². The molecule has 0 fully saturated rings. The third kappa shape index (κ3) is 5.17. The average Bonchev–Trinajstić information content (AvgIpc) is 2.57. The summed E-state index contributed by atoms with van der Waals surface area (Å²) in [6.07, 6.45) is 0. The summed E-state index contributed by atoms with van der Waals surface area (Å²) in [6, 6.07) is 8.35. The number of benzene rings is 2. The molecule has 1 unspecified atom stereocenters. The Morgan fingerprint density at radius 1 is 1.23 bits per heavy atom. The number of methoxy groups -OCH3 is 1. The number of amides is 1. The van der Waals surface area contributed by atoms with Crippen LogP contribution in [0.5, 0.6) is 0 Å². The molecule has 0 radical (unpaired) electrons. The molecule has 2 N–H and O–H groups in total. The smallest absolute Gasteiger partial charge is 0.261 e. The lowest BCUT2D eigenvalue weighted by molar-refractivity contribution is 0.0905. The fraction of sp³-hybridized carbons (Fsp3) is 0.235. The largest absolute Gasteiger partial charge is 0.383 e. The third-order valence-corrected chi connectivity index (χ3v) is 5.10. The second-order valence-electron chi connectivity index (χ2n) is 5.58. The lowest BCUT2D eigenvalue weighted by Crippen LogP contribution is -2.35. The molecule has 26 heavy (non-hydrogen) atoms. The number of sulfonamides is 1. The summed E-state index contributed by atoms with van der Waals surface area (Å²) in [4.78, 5) is 12.1. The van der Waals surface area contributed by atoms with Crippen LogP contribution in [0.2, 0.25) is 5.02 Å². The van der Waals surface area contributed by atoms with Gasteiger partial charge in [-0.2, -0.15) is 0 Å². The monoisotopic (exact) mass is 400 g/mol. The van der Waals surface area contributed by atoms with Crippen LogP contribution in [0.1, 0.15) is 17.3 Å². The van der Waals surface area contributed by atoms with Crippen LogP contribution in [0.15, 0.2) is 47.4 Å². The maximum absolute atomic E-state index is 13.0. The third-order valence-electron chi connectivity index (χ3n) is 3.39. The zero-order valence-electron chi connectivity index (χ0n) is 14.1. The van der Waals surface area contributed by atoms with Crippen molar-refractivity contribution in [3.05, 3.63) is 58.9 Å². The van der Waals surface area contributed by atoms with Gasteiger partial charge in [-0.05, 0) is 49.4 Å². The summed E-state index contributed by atoms with van der Waals surface area (Å²) in [5, 5.41) is 2.84. The molecule has 0 bridgehead atoms. The summed E-state index contributed by atoms with van der Waals surface area (Å²) in [7, 11) is -2.46. The first-order valence-electron chi connectivity index (χ1n) is 7.60. The average molecular weight is 401 g/mol. The van der Waals surface area contributed by atoms with Gasteiger partial charge in [-0.3, -0.25) is 9.52 Å². The first kappa shape index (κ1) is 20.2. The highest BCUT2D eigenvalue weighted by atomic mass is 35.5. The number of carbonyl (C=O) groups excluding carboxylic acids is 1. The molecule has 6 nitrogen and oxygen atoms in total. The predicted octanol–water partition coefficient (Wildman–Crippen LogP) is 3.04. The van der Waals surface area contributed by atoms with E-state index in [4.69, 9.17) is 16.3 Å². The molecule has 2 aromatic carbocycles. The van der Waals surface area contributed by atoms with Crippen LogP contribution in [0.25, 0.3) is 0 Å². The molecule has 2 aromatic rings. The predicted molar refractivity (Wildman–Crippen MR) is 97.5 cm³/mol. The normalized spacial score (nSPS) is 12.5. The van der Waals surface area contributed by atoms with Crippen LogP contribution >= 0.6 is 11.6 Å². The topological polar surface area (TPSA) is 84.5 Å². The number of rotatable bonds is 7. The van der Waals surface area contributed by atoms with Gasteiger partial charge in [0, 0.05) is 18.7 Å². The zero-order valence-corrected chi connectivity index (χ0v) is 15.7. The fourth-order valence-corrected chi connectivity index (χ4v) is 3.45. The van der Waals surface area contributed by atoms with Crippen molar-refractivity contribution in [3.63, 3.8) is 0 Å². The molecule has 0 aliphatic rings. The van der Waals surface area contributed by atoms with Gasteiger partial charge in [-0.25, -0.2) is 12.8 Å². The number of hydrogen-bond donors (Lipinski definition) is 2. The van der Waals surface area contributed by atoms with Gasteiger partial charge in [0.1, 0.15) is 5.82 Å². The first-order chi connectivity index (χ1) is 12.2. The molecule has 0 saturated carbocycles. The van der Waals surface area contributed by atoms with Crippen molar-refractivity contribution in [1.82, 2.24) is 5.32 Å². The van der Waals surface area contributed by atoms with E-state index in [0.29, 0.717) is 6.61 Å². The van der Waals surface area contributed by atoms with E-state index in [1.54, 1.807) is 6.92 Å². The molecule has 0 aromatic heterocycles. The maximum Gasteiger partial charge on any atom is 0.261 e. The summed E-state index contributed by atoms with van der Waals surface area (Å²) < 4.78 is 45.0. The minimum atomic E-state index is -3.98.